The molecule has 2 N–H and O–H groups in total. The fourth-order valence-corrected chi connectivity index (χ4v) is 2.09. The van der Waals surface area contributed by atoms with Gasteiger partial charge in [-0.15, -0.1) is 0 Å². The Morgan fingerprint density at radius 3 is 2.94 bits per heavy atom. The fraction of sp³-hybridized carbons (Fsp3) is 0.727. The van der Waals surface area contributed by atoms with E-state index >= 15 is 0 Å². The fourth-order valence-electron chi connectivity index (χ4n) is 2.09. The highest BCUT2D eigenvalue weighted by molar-refractivity contribution is 5.74. The molecule has 0 spiro atoms. The molecular weight excluding hydrogens is 218 g/mol. The van der Waals surface area contributed by atoms with Gasteiger partial charge in [-0.3, -0.25) is 4.68 Å². The molecule has 1 heterocycles. The Bertz CT molecular complexity index is 370. The van der Waals surface area contributed by atoms with Gasteiger partial charge >= 0.3 is 6.03 Å². The van der Waals surface area contributed by atoms with Crippen LogP contribution in [0.4, 0.5) is 4.79 Å². The molecule has 0 saturated heterocycles. The van der Waals surface area contributed by atoms with Crippen LogP contribution in [0, 0.1) is 0 Å². The maximum absolute atomic E-state index is 11.5. The molecule has 6 nitrogen and oxygen atoms in total. The normalized spacial score (nSPS) is 16.1. The third-order valence-corrected chi connectivity index (χ3v) is 2.97. The summed E-state index contributed by atoms with van der Waals surface area (Å²) < 4.78 is 1.66. The largest absolute Gasteiger partial charge is 0.338 e. The molecule has 0 aliphatic heterocycles. The van der Waals surface area contributed by atoms with E-state index in [1.165, 1.54) is 12.8 Å². The quantitative estimate of drug-likeness (QED) is 0.805. The first-order valence-electron chi connectivity index (χ1n) is 6.13. The van der Waals surface area contributed by atoms with E-state index in [-0.39, 0.29) is 6.03 Å². The van der Waals surface area contributed by atoms with Gasteiger partial charge in [-0.05, 0) is 12.8 Å². The Hall–Kier alpha value is -1.59. The highest BCUT2D eigenvalue weighted by atomic mass is 16.2. The summed E-state index contributed by atoms with van der Waals surface area (Å²) in [5.41, 5.74) is 0. The number of aromatic nitrogens is 3. The molecule has 2 rings (SSSR count). The van der Waals surface area contributed by atoms with Crippen LogP contribution in [0.3, 0.4) is 0 Å². The topological polar surface area (TPSA) is 71.8 Å². The summed E-state index contributed by atoms with van der Waals surface area (Å²) in [7, 11) is 1.83. The maximum Gasteiger partial charge on any atom is 0.315 e. The van der Waals surface area contributed by atoms with Crippen molar-refractivity contribution in [1.82, 2.24) is 25.4 Å². The maximum atomic E-state index is 11.5. The summed E-state index contributed by atoms with van der Waals surface area (Å²) >= 11 is 0. The van der Waals surface area contributed by atoms with Crippen LogP contribution in [-0.2, 0) is 13.5 Å². The molecule has 1 aromatic rings. The van der Waals surface area contributed by atoms with E-state index in [1.54, 1.807) is 11.0 Å². The SMILES string of the molecule is Cn1cnc(CCNC(=O)NC2CCCC2)n1. The van der Waals surface area contributed by atoms with Crippen molar-refractivity contribution >= 4 is 6.03 Å². The van der Waals surface area contributed by atoms with Crippen LogP contribution in [0.15, 0.2) is 6.33 Å². The van der Waals surface area contributed by atoms with Crippen molar-refractivity contribution in [3.63, 3.8) is 0 Å². The number of rotatable bonds is 4. The van der Waals surface area contributed by atoms with Gasteiger partial charge in [0, 0.05) is 26.1 Å². The molecule has 1 aliphatic carbocycles. The first-order chi connectivity index (χ1) is 8.24. The predicted molar refractivity (Wildman–Crippen MR) is 63.5 cm³/mol. The Kier molecular flexibility index (Phi) is 3.95. The Morgan fingerprint density at radius 2 is 2.29 bits per heavy atom. The van der Waals surface area contributed by atoms with E-state index in [9.17, 15) is 4.79 Å². The molecule has 1 aromatic heterocycles. The smallest absolute Gasteiger partial charge is 0.315 e. The summed E-state index contributed by atoms with van der Waals surface area (Å²) in [4.78, 5) is 15.6. The Morgan fingerprint density at radius 1 is 1.53 bits per heavy atom. The predicted octanol–water partition coefficient (Wildman–Crippen LogP) is 0.599. The standard InChI is InChI=1S/C11H19N5O/c1-16-8-13-10(15-16)6-7-12-11(17)14-9-4-2-3-5-9/h8-9H,2-7H2,1H3,(H2,12,14,17). The van der Waals surface area contributed by atoms with Crippen LogP contribution >= 0.6 is 0 Å². The minimum Gasteiger partial charge on any atom is -0.338 e. The number of amides is 2. The van der Waals surface area contributed by atoms with Crippen LogP contribution in [-0.4, -0.2) is 33.4 Å². The number of nitrogens with one attached hydrogen (secondary N) is 2. The van der Waals surface area contributed by atoms with Crippen molar-refractivity contribution < 1.29 is 4.79 Å². The van der Waals surface area contributed by atoms with Gasteiger partial charge in [0.1, 0.15) is 6.33 Å². The second kappa shape index (κ2) is 5.65. The molecule has 0 bridgehead atoms. The number of carbonyl (C=O) groups excluding carboxylic acids is 1. The highest BCUT2D eigenvalue weighted by Crippen LogP contribution is 2.17. The summed E-state index contributed by atoms with van der Waals surface area (Å²) in [6.45, 7) is 0.572. The van der Waals surface area contributed by atoms with Crippen molar-refractivity contribution in [3.05, 3.63) is 12.2 Å². The summed E-state index contributed by atoms with van der Waals surface area (Å²) in [6.07, 6.45) is 6.99. The van der Waals surface area contributed by atoms with Crippen molar-refractivity contribution in [2.24, 2.45) is 7.05 Å². The second-order valence-corrected chi connectivity index (χ2v) is 4.47. The number of hydrogen-bond donors (Lipinski definition) is 2. The lowest BCUT2D eigenvalue weighted by atomic mass is 10.2. The highest BCUT2D eigenvalue weighted by Gasteiger charge is 2.16. The van der Waals surface area contributed by atoms with E-state index in [0.717, 1.165) is 18.7 Å². The molecule has 0 atom stereocenters. The van der Waals surface area contributed by atoms with Crippen molar-refractivity contribution in [2.75, 3.05) is 6.54 Å². The van der Waals surface area contributed by atoms with E-state index in [0.29, 0.717) is 19.0 Å². The van der Waals surface area contributed by atoms with Gasteiger partial charge in [-0.1, -0.05) is 12.8 Å². The average Bonchev–Trinajstić information content (AvgIpc) is 2.90. The molecule has 0 radical (unpaired) electrons. The molecule has 6 heteroatoms. The Labute approximate surface area is 101 Å². The molecule has 0 aromatic carbocycles. The summed E-state index contributed by atoms with van der Waals surface area (Å²) in [5, 5.41) is 9.95. The monoisotopic (exact) mass is 237 g/mol. The summed E-state index contributed by atoms with van der Waals surface area (Å²) in [5.74, 6) is 0.758. The van der Waals surface area contributed by atoms with Crippen LogP contribution in [0.5, 0.6) is 0 Å². The van der Waals surface area contributed by atoms with Gasteiger partial charge in [0.15, 0.2) is 5.82 Å². The second-order valence-electron chi connectivity index (χ2n) is 4.47. The molecule has 1 aliphatic rings. The van der Waals surface area contributed by atoms with Gasteiger partial charge in [-0.25, -0.2) is 9.78 Å². The minimum atomic E-state index is -0.0761. The molecule has 2 amide bonds. The number of nitrogens with zero attached hydrogens (tertiary/aromatic N) is 3. The van der Waals surface area contributed by atoms with E-state index in [4.69, 9.17) is 0 Å². The molecule has 17 heavy (non-hydrogen) atoms. The first kappa shape index (κ1) is 11.9. The zero-order chi connectivity index (χ0) is 12.1. The van der Waals surface area contributed by atoms with E-state index < -0.39 is 0 Å². The van der Waals surface area contributed by atoms with Crippen molar-refractivity contribution in [3.8, 4) is 0 Å². The first-order valence-corrected chi connectivity index (χ1v) is 6.13. The van der Waals surface area contributed by atoms with Gasteiger partial charge in [0.2, 0.25) is 0 Å². The molecular formula is C11H19N5O. The van der Waals surface area contributed by atoms with Crippen LogP contribution in [0.25, 0.3) is 0 Å². The van der Waals surface area contributed by atoms with Gasteiger partial charge < -0.3 is 10.6 Å². The molecule has 1 saturated carbocycles. The van der Waals surface area contributed by atoms with Crippen molar-refractivity contribution in [1.29, 1.82) is 0 Å². The zero-order valence-electron chi connectivity index (χ0n) is 10.1. The number of carbonyl (C=O) groups is 1. The van der Waals surface area contributed by atoms with E-state index in [1.807, 2.05) is 7.05 Å². The third kappa shape index (κ3) is 3.72. The Balaban J connectivity index is 1.62. The van der Waals surface area contributed by atoms with Crippen LogP contribution < -0.4 is 10.6 Å². The average molecular weight is 237 g/mol. The van der Waals surface area contributed by atoms with Crippen molar-refractivity contribution in [2.45, 2.75) is 38.1 Å². The van der Waals surface area contributed by atoms with Crippen LogP contribution in [0.2, 0.25) is 0 Å². The van der Waals surface area contributed by atoms with E-state index in [2.05, 4.69) is 20.7 Å². The summed E-state index contributed by atoms with van der Waals surface area (Å²) in [6, 6.07) is 0.288. The lowest BCUT2D eigenvalue weighted by molar-refractivity contribution is 0.237. The van der Waals surface area contributed by atoms with Gasteiger partial charge in [-0.2, -0.15) is 5.10 Å². The van der Waals surface area contributed by atoms with Gasteiger partial charge in [0.05, 0.1) is 0 Å². The van der Waals surface area contributed by atoms with Gasteiger partial charge in [0.25, 0.3) is 0 Å². The number of urea groups is 1. The lowest BCUT2D eigenvalue weighted by Gasteiger charge is -2.12. The zero-order valence-corrected chi connectivity index (χ0v) is 10.1. The molecule has 0 unspecified atom stereocenters. The van der Waals surface area contributed by atoms with Crippen LogP contribution in [0.1, 0.15) is 31.5 Å². The lowest BCUT2D eigenvalue weighted by Crippen LogP contribution is -2.41. The third-order valence-electron chi connectivity index (χ3n) is 2.97. The minimum absolute atomic E-state index is 0.0761. The molecule has 94 valence electrons. The number of hydrogen-bond acceptors (Lipinski definition) is 3. The number of aryl methyl sites for hydroxylation is 1. The molecule has 1 fully saturated rings.